The Morgan fingerprint density at radius 3 is 1.70 bits per heavy atom. The maximum atomic E-state index is 12.0. The minimum atomic E-state index is -5.08. The van der Waals surface area contributed by atoms with E-state index in [1.807, 2.05) is 0 Å². The van der Waals surface area contributed by atoms with Gasteiger partial charge in [-0.25, -0.2) is 9.59 Å². The van der Waals surface area contributed by atoms with Crippen LogP contribution in [-0.2, 0) is 28.7 Å². The number of ether oxygens (including phenoxy) is 1. The standard InChI is InChI=1S/C23H43N3O7.C2HF3O2/c1-2-3-4-5-6-7-8-9-10-16-33-23(32)18(25)14-15-20(27)26-19(22(30)31)13-11-12-17(24)21(28)29;3-2(4,5)1(6)7/h17-19H,2-16,24-25H2,1H3,(H,26,27)(H,28,29)(H,30,31);(H,6,7)/t17?,18-,19?;/m1./s1. The van der Waals surface area contributed by atoms with Gasteiger partial charge in [0.15, 0.2) is 0 Å². The number of rotatable bonds is 21. The summed E-state index contributed by atoms with van der Waals surface area (Å²) in [5, 5.41) is 27.5. The smallest absolute Gasteiger partial charge is 0.480 e. The number of carboxylic acids is 3. The van der Waals surface area contributed by atoms with Gasteiger partial charge in [-0.05, 0) is 32.1 Å². The molecule has 234 valence electrons. The van der Waals surface area contributed by atoms with Crippen LogP contribution < -0.4 is 16.8 Å². The summed E-state index contributed by atoms with van der Waals surface area (Å²) in [7, 11) is 0. The number of halogens is 3. The molecule has 0 saturated heterocycles. The van der Waals surface area contributed by atoms with Crippen molar-refractivity contribution in [3.8, 4) is 0 Å². The van der Waals surface area contributed by atoms with Gasteiger partial charge in [-0.2, -0.15) is 13.2 Å². The largest absolute Gasteiger partial charge is 0.490 e. The normalized spacial score (nSPS) is 13.2. The zero-order chi connectivity index (χ0) is 31.1. The minimum absolute atomic E-state index is 0.0403. The Morgan fingerprint density at radius 1 is 0.750 bits per heavy atom. The highest BCUT2D eigenvalue weighted by atomic mass is 19.4. The number of esters is 1. The summed E-state index contributed by atoms with van der Waals surface area (Å²) in [4.78, 5) is 54.9. The third kappa shape index (κ3) is 23.0. The lowest BCUT2D eigenvalue weighted by molar-refractivity contribution is -0.192. The predicted molar refractivity (Wildman–Crippen MR) is 138 cm³/mol. The van der Waals surface area contributed by atoms with Crippen molar-refractivity contribution in [3.63, 3.8) is 0 Å². The average Bonchev–Trinajstić information content (AvgIpc) is 2.87. The van der Waals surface area contributed by atoms with Crippen LogP contribution in [-0.4, -0.2) is 76.0 Å². The lowest BCUT2D eigenvalue weighted by Crippen LogP contribution is -2.42. The summed E-state index contributed by atoms with van der Waals surface area (Å²) < 4.78 is 36.9. The first-order valence-electron chi connectivity index (χ1n) is 13.4. The van der Waals surface area contributed by atoms with Gasteiger partial charge in [-0.15, -0.1) is 0 Å². The molecule has 0 saturated carbocycles. The highest BCUT2D eigenvalue weighted by Gasteiger charge is 2.38. The van der Waals surface area contributed by atoms with E-state index in [9.17, 15) is 37.5 Å². The molecule has 0 aromatic heterocycles. The molecule has 0 aliphatic carbocycles. The second-order valence-corrected chi connectivity index (χ2v) is 9.28. The van der Waals surface area contributed by atoms with Crippen molar-refractivity contribution in [2.24, 2.45) is 11.5 Å². The molecule has 3 atom stereocenters. The first kappa shape index (κ1) is 39.2. The number of carboxylic acid groups (broad SMARTS) is 3. The van der Waals surface area contributed by atoms with Crippen molar-refractivity contribution in [3.05, 3.63) is 0 Å². The van der Waals surface area contributed by atoms with Crippen molar-refractivity contribution >= 4 is 29.8 Å². The van der Waals surface area contributed by atoms with E-state index in [1.54, 1.807) is 0 Å². The van der Waals surface area contributed by atoms with Gasteiger partial charge < -0.3 is 36.8 Å². The summed E-state index contributed by atoms with van der Waals surface area (Å²) in [5.74, 6) is -6.26. The van der Waals surface area contributed by atoms with Crippen LogP contribution in [0.15, 0.2) is 0 Å². The van der Waals surface area contributed by atoms with Crippen molar-refractivity contribution in [2.45, 2.75) is 121 Å². The van der Waals surface area contributed by atoms with Crippen LogP contribution in [0.1, 0.15) is 96.8 Å². The molecule has 15 heteroatoms. The van der Waals surface area contributed by atoms with E-state index in [2.05, 4.69) is 12.2 Å². The number of unbranched alkanes of at least 4 members (excludes halogenated alkanes) is 8. The quantitative estimate of drug-likeness (QED) is 0.0846. The van der Waals surface area contributed by atoms with Crippen LogP contribution in [0.2, 0.25) is 0 Å². The average molecular weight is 588 g/mol. The van der Waals surface area contributed by atoms with Crippen LogP contribution >= 0.6 is 0 Å². The topological polar surface area (TPSA) is 219 Å². The fourth-order valence-corrected chi connectivity index (χ4v) is 3.29. The Labute approximate surface area is 232 Å². The molecule has 0 rings (SSSR count). The number of aliphatic carboxylic acids is 3. The molecule has 0 spiro atoms. The minimum Gasteiger partial charge on any atom is -0.480 e. The molecule has 2 unspecified atom stereocenters. The number of nitrogens with two attached hydrogens (primary N) is 2. The van der Waals surface area contributed by atoms with Gasteiger partial charge in [0, 0.05) is 6.42 Å². The Balaban J connectivity index is 0. The molecule has 0 heterocycles. The number of carbonyl (C=O) groups excluding carboxylic acids is 2. The zero-order valence-electron chi connectivity index (χ0n) is 22.9. The highest BCUT2D eigenvalue weighted by molar-refractivity contribution is 5.84. The van der Waals surface area contributed by atoms with Gasteiger partial charge >= 0.3 is 30.1 Å². The molecule has 0 fully saturated rings. The van der Waals surface area contributed by atoms with Crippen molar-refractivity contribution < 1.29 is 57.2 Å². The predicted octanol–water partition coefficient (Wildman–Crippen LogP) is 2.95. The molecule has 0 aliphatic rings. The molecule has 8 N–H and O–H groups in total. The van der Waals surface area contributed by atoms with Crippen molar-refractivity contribution in [1.82, 2.24) is 5.32 Å². The Bertz CT molecular complexity index is 768. The van der Waals surface area contributed by atoms with Gasteiger partial charge in [0.25, 0.3) is 0 Å². The van der Waals surface area contributed by atoms with Gasteiger partial charge in [0.05, 0.1) is 6.61 Å². The number of hydrogen-bond donors (Lipinski definition) is 6. The third-order valence-corrected chi connectivity index (χ3v) is 5.68. The monoisotopic (exact) mass is 587 g/mol. The summed E-state index contributed by atoms with van der Waals surface area (Å²) in [5.41, 5.74) is 11.2. The number of hydrogen-bond acceptors (Lipinski definition) is 8. The highest BCUT2D eigenvalue weighted by Crippen LogP contribution is 2.13. The lowest BCUT2D eigenvalue weighted by Gasteiger charge is -2.16. The SMILES string of the molecule is CCCCCCCCCCCOC(=O)[C@H](N)CCC(=O)NC(CCCC(N)C(=O)O)C(=O)O.O=C(O)C(F)(F)F. The Hall–Kier alpha value is -2.94. The summed E-state index contributed by atoms with van der Waals surface area (Å²) >= 11 is 0. The number of alkyl halides is 3. The van der Waals surface area contributed by atoms with E-state index in [1.165, 1.54) is 38.5 Å². The molecular formula is C25H44F3N3O9. The van der Waals surface area contributed by atoms with Gasteiger partial charge in [-0.1, -0.05) is 58.3 Å². The van der Waals surface area contributed by atoms with Crippen LogP contribution in [0.5, 0.6) is 0 Å². The Morgan fingerprint density at radius 2 is 1.25 bits per heavy atom. The first-order valence-corrected chi connectivity index (χ1v) is 13.4. The maximum Gasteiger partial charge on any atom is 0.490 e. The van der Waals surface area contributed by atoms with E-state index in [-0.39, 0.29) is 32.1 Å². The molecule has 0 bridgehead atoms. The summed E-state index contributed by atoms with van der Waals surface area (Å²) in [6.07, 6.45) is 5.64. The fraction of sp³-hybridized carbons (Fsp3) is 0.800. The molecule has 0 aliphatic heterocycles. The van der Waals surface area contributed by atoms with Crippen LogP contribution in [0.4, 0.5) is 13.2 Å². The summed E-state index contributed by atoms with van der Waals surface area (Å²) in [6.45, 7) is 2.50. The zero-order valence-corrected chi connectivity index (χ0v) is 22.9. The van der Waals surface area contributed by atoms with Crippen LogP contribution in [0.25, 0.3) is 0 Å². The molecule has 12 nitrogen and oxygen atoms in total. The third-order valence-electron chi connectivity index (χ3n) is 5.68. The van der Waals surface area contributed by atoms with Gasteiger partial charge in [-0.3, -0.25) is 14.4 Å². The molecule has 0 aromatic carbocycles. The van der Waals surface area contributed by atoms with Crippen molar-refractivity contribution in [2.75, 3.05) is 6.61 Å². The Kier molecular flexibility index (Phi) is 22.4. The van der Waals surface area contributed by atoms with Crippen LogP contribution in [0.3, 0.4) is 0 Å². The molecule has 0 radical (unpaired) electrons. The van der Waals surface area contributed by atoms with Gasteiger partial charge in [0.2, 0.25) is 5.91 Å². The van der Waals surface area contributed by atoms with E-state index >= 15 is 0 Å². The fourth-order valence-electron chi connectivity index (χ4n) is 3.29. The van der Waals surface area contributed by atoms with Crippen LogP contribution in [0, 0.1) is 0 Å². The summed E-state index contributed by atoms with van der Waals surface area (Å²) in [6, 6.07) is -3.19. The van der Waals surface area contributed by atoms with Crippen molar-refractivity contribution in [1.29, 1.82) is 0 Å². The van der Waals surface area contributed by atoms with Gasteiger partial charge in [0.1, 0.15) is 18.1 Å². The molecule has 0 aromatic rings. The second-order valence-electron chi connectivity index (χ2n) is 9.28. The lowest BCUT2D eigenvalue weighted by atomic mass is 10.1. The van der Waals surface area contributed by atoms with E-state index in [0.717, 1.165) is 19.3 Å². The number of nitrogens with one attached hydrogen (secondary N) is 1. The molecular weight excluding hydrogens is 543 g/mol. The second kappa shape index (κ2) is 22.8. The number of amides is 1. The number of carbonyl (C=O) groups is 5. The molecule has 40 heavy (non-hydrogen) atoms. The van der Waals surface area contributed by atoms with E-state index < -0.39 is 54.1 Å². The first-order chi connectivity index (χ1) is 18.6. The molecule has 1 amide bonds. The van der Waals surface area contributed by atoms with E-state index in [4.69, 9.17) is 31.2 Å². The van der Waals surface area contributed by atoms with E-state index in [0.29, 0.717) is 6.61 Å². The maximum absolute atomic E-state index is 12.0.